The molecular weight excluding hydrogens is 287 g/mol. The van der Waals surface area contributed by atoms with E-state index in [4.69, 9.17) is 4.74 Å². The van der Waals surface area contributed by atoms with Gasteiger partial charge in [0.2, 0.25) is 0 Å². The van der Waals surface area contributed by atoms with Gasteiger partial charge < -0.3 is 4.74 Å². The van der Waals surface area contributed by atoms with Crippen molar-refractivity contribution in [2.75, 3.05) is 6.61 Å². The number of benzene rings is 1. The largest absolute Gasteiger partial charge is 0.370 e. The molecule has 2 unspecified atom stereocenters. The van der Waals surface area contributed by atoms with E-state index in [0.717, 1.165) is 6.42 Å². The summed E-state index contributed by atoms with van der Waals surface area (Å²) in [5, 5.41) is 0. The zero-order valence-electron chi connectivity index (χ0n) is 9.58. The van der Waals surface area contributed by atoms with Gasteiger partial charge in [0.25, 0.3) is 0 Å². The minimum Gasteiger partial charge on any atom is -0.370 e. The van der Waals surface area contributed by atoms with Crippen molar-refractivity contribution in [3.8, 4) is 0 Å². The normalized spacial score (nSPS) is 23.9. The van der Waals surface area contributed by atoms with Crippen LogP contribution in [0.3, 0.4) is 0 Å². The van der Waals surface area contributed by atoms with Crippen LogP contribution < -0.4 is 0 Å². The summed E-state index contributed by atoms with van der Waals surface area (Å²) in [7, 11) is 0. The van der Waals surface area contributed by atoms with Crippen LogP contribution >= 0.6 is 15.9 Å². The van der Waals surface area contributed by atoms with E-state index in [2.05, 4.69) is 15.9 Å². The number of carbonyl (C=O) groups is 1. The second-order valence-corrected chi connectivity index (χ2v) is 5.21. The van der Waals surface area contributed by atoms with Gasteiger partial charge in [0.05, 0.1) is 4.47 Å². The molecular formula is C13H14BrFO2. The van der Waals surface area contributed by atoms with Crippen molar-refractivity contribution < 1.29 is 13.9 Å². The molecule has 1 heterocycles. The summed E-state index contributed by atoms with van der Waals surface area (Å²) in [6, 6.07) is 4.74. The van der Waals surface area contributed by atoms with Gasteiger partial charge in [-0.25, -0.2) is 4.39 Å². The summed E-state index contributed by atoms with van der Waals surface area (Å²) >= 11 is 3.16. The van der Waals surface area contributed by atoms with E-state index in [1.807, 2.05) is 6.92 Å². The van der Waals surface area contributed by atoms with E-state index < -0.39 is 0 Å². The molecule has 2 atom stereocenters. The third-order valence-corrected chi connectivity index (χ3v) is 3.99. The van der Waals surface area contributed by atoms with Crippen LogP contribution in [0.1, 0.15) is 18.9 Å². The van der Waals surface area contributed by atoms with Crippen molar-refractivity contribution in [1.29, 1.82) is 0 Å². The summed E-state index contributed by atoms with van der Waals surface area (Å²) < 4.78 is 19.1. The zero-order chi connectivity index (χ0) is 12.4. The maximum atomic E-state index is 13.3. The lowest BCUT2D eigenvalue weighted by Gasteiger charge is -2.13. The molecule has 0 aliphatic carbocycles. The van der Waals surface area contributed by atoms with E-state index in [-0.39, 0.29) is 30.0 Å². The Hall–Kier alpha value is -0.740. The molecule has 1 aliphatic rings. The molecule has 0 amide bonds. The fraction of sp³-hybridized carbons (Fsp3) is 0.462. The van der Waals surface area contributed by atoms with Gasteiger partial charge >= 0.3 is 0 Å². The summed E-state index contributed by atoms with van der Waals surface area (Å²) in [5.74, 6) is -0.0492. The number of ketones is 1. The van der Waals surface area contributed by atoms with Gasteiger partial charge in [-0.05, 0) is 39.9 Å². The van der Waals surface area contributed by atoms with Gasteiger partial charge in [0, 0.05) is 13.0 Å². The lowest BCUT2D eigenvalue weighted by Crippen LogP contribution is -2.26. The quantitative estimate of drug-likeness (QED) is 0.857. The Kier molecular flexibility index (Phi) is 3.94. The Morgan fingerprint density at radius 2 is 2.35 bits per heavy atom. The Balaban J connectivity index is 2.10. The van der Waals surface area contributed by atoms with Crippen molar-refractivity contribution in [2.45, 2.75) is 25.9 Å². The Bertz CT molecular complexity index is 433. The predicted octanol–water partition coefficient (Wildman–Crippen LogP) is 3.12. The number of hydrogen-bond acceptors (Lipinski definition) is 2. The second kappa shape index (κ2) is 5.27. The van der Waals surface area contributed by atoms with E-state index in [0.29, 0.717) is 16.6 Å². The van der Waals surface area contributed by atoms with Crippen LogP contribution in [-0.4, -0.2) is 18.5 Å². The number of Topliss-reactive ketones (excluding diaryl/α,β-unsaturated/α-hetero) is 1. The van der Waals surface area contributed by atoms with Crippen LogP contribution in [0.5, 0.6) is 0 Å². The van der Waals surface area contributed by atoms with E-state index in [1.54, 1.807) is 12.1 Å². The third kappa shape index (κ3) is 2.75. The number of halogens is 2. The first-order chi connectivity index (χ1) is 8.09. The highest BCUT2D eigenvalue weighted by Crippen LogP contribution is 2.25. The molecule has 1 fully saturated rings. The van der Waals surface area contributed by atoms with Crippen molar-refractivity contribution in [2.24, 2.45) is 5.92 Å². The molecule has 1 aromatic rings. The zero-order valence-corrected chi connectivity index (χ0v) is 11.2. The highest BCUT2D eigenvalue weighted by Gasteiger charge is 2.30. The number of hydrogen-bond donors (Lipinski definition) is 0. The first-order valence-corrected chi connectivity index (χ1v) is 6.46. The number of rotatable bonds is 3. The second-order valence-electron chi connectivity index (χ2n) is 4.41. The Morgan fingerprint density at radius 3 is 3.00 bits per heavy atom. The molecule has 17 heavy (non-hydrogen) atoms. The molecule has 0 N–H and O–H groups in total. The topological polar surface area (TPSA) is 26.3 Å². The fourth-order valence-corrected chi connectivity index (χ4v) is 2.48. The Labute approximate surface area is 108 Å². The first-order valence-electron chi connectivity index (χ1n) is 5.67. The van der Waals surface area contributed by atoms with Gasteiger partial charge in [-0.1, -0.05) is 19.1 Å². The van der Waals surface area contributed by atoms with Crippen LogP contribution in [0.25, 0.3) is 0 Å². The Morgan fingerprint density at radius 1 is 1.59 bits per heavy atom. The monoisotopic (exact) mass is 300 g/mol. The minimum atomic E-state index is -0.337. The highest BCUT2D eigenvalue weighted by molar-refractivity contribution is 9.10. The average Bonchev–Trinajstić information content (AvgIpc) is 2.71. The van der Waals surface area contributed by atoms with Crippen molar-refractivity contribution in [3.05, 3.63) is 34.1 Å². The van der Waals surface area contributed by atoms with Crippen LogP contribution in [0.4, 0.5) is 4.39 Å². The third-order valence-electron chi connectivity index (χ3n) is 3.10. The molecule has 0 radical (unpaired) electrons. The predicted molar refractivity (Wildman–Crippen MR) is 66.3 cm³/mol. The van der Waals surface area contributed by atoms with Crippen LogP contribution in [0, 0.1) is 11.7 Å². The van der Waals surface area contributed by atoms with Crippen LogP contribution in [-0.2, 0) is 16.0 Å². The van der Waals surface area contributed by atoms with Gasteiger partial charge in [0.1, 0.15) is 11.9 Å². The summed E-state index contributed by atoms with van der Waals surface area (Å²) in [4.78, 5) is 12.0. The lowest BCUT2D eigenvalue weighted by atomic mass is 9.96. The van der Waals surface area contributed by atoms with E-state index >= 15 is 0 Å². The number of ether oxygens (including phenoxy) is 1. The SMILES string of the molecule is CC1CCOC1C(=O)Cc1cccc(F)c1Br. The summed E-state index contributed by atoms with van der Waals surface area (Å²) in [6.07, 6.45) is 0.804. The maximum absolute atomic E-state index is 13.3. The first kappa shape index (κ1) is 12.7. The molecule has 1 aromatic carbocycles. The summed E-state index contributed by atoms with van der Waals surface area (Å²) in [5.41, 5.74) is 0.678. The fourth-order valence-electron chi connectivity index (χ4n) is 2.08. The van der Waals surface area contributed by atoms with Gasteiger partial charge in [-0.15, -0.1) is 0 Å². The molecule has 0 aromatic heterocycles. The maximum Gasteiger partial charge on any atom is 0.166 e. The van der Waals surface area contributed by atoms with Crippen molar-refractivity contribution >= 4 is 21.7 Å². The lowest BCUT2D eigenvalue weighted by molar-refractivity contribution is -0.128. The average molecular weight is 301 g/mol. The standard InChI is InChI=1S/C13H14BrFO2/c1-8-5-6-17-13(8)11(16)7-9-3-2-4-10(15)12(9)14/h2-4,8,13H,5-7H2,1H3. The molecule has 2 nitrogen and oxygen atoms in total. The van der Waals surface area contributed by atoms with Crippen molar-refractivity contribution in [1.82, 2.24) is 0 Å². The molecule has 0 saturated carbocycles. The summed E-state index contributed by atoms with van der Waals surface area (Å²) in [6.45, 7) is 2.65. The molecule has 0 spiro atoms. The van der Waals surface area contributed by atoms with E-state index in [1.165, 1.54) is 6.07 Å². The van der Waals surface area contributed by atoms with Gasteiger partial charge in [-0.3, -0.25) is 4.79 Å². The molecule has 4 heteroatoms. The minimum absolute atomic E-state index is 0.0290. The smallest absolute Gasteiger partial charge is 0.166 e. The van der Waals surface area contributed by atoms with Crippen LogP contribution in [0.2, 0.25) is 0 Å². The molecule has 92 valence electrons. The molecule has 0 bridgehead atoms. The molecule has 1 saturated heterocycles. The van der Waals surface area contributed by atoms with Gasteiger partial charge in [-0.2, -0.15) is 0 Å². The highest BCUT2D eigenvalue weighted by atomic mass is 79.9. The molecule has 1 aliphatic heterocycles. The van der Waals surface area contributed by atoms with Crippen LogP contribution in [0.15, 0.2) is 22.7 Å². The molecule has 2 rings (SSSR count). The van der Waals surface area contributed by atoms with E-state index in [9.17, 15) is 9.18 Å². The number of carbonyl (C=O) groups excluding carboxylic acids is 1. The van der Waals surface area contributed by atoms with Crippen molar-refractivity contribution in [3.63, 3.8) is 0 Å². The van der Waals surface area contributed by atoms with Gasteiger partial charge in [0.15, 0.2) is 5.78 Å².